The lowest BCUT2D eigenvalue weighted by Crippen LogP contribution is -2.28. The Morgan fingerprint density at radius 3 is 2.78 bits per heavy atom. The zero-order valence-corrected chi connectivity index (χ0v) is 17.7. The number of carbonyl (C=O) groups is 1. The second-order valence-electron chi connectivity index (χ2n) is 7.27. The number of hydrazone groups is 1. The molecule has 4 aromatic rings. The Morgan fingerprint density at radius 2 is 2.03 bits per heavy atom. The topological polar surface area (TPSA) is 67.9 Å². The Balaban J connectivity index is 1.62. The molecule has 2 aromatic heterocycles. The van der Waals surface area contributed by atoms with Gasteiger partial charge in [0, 0.05) is 17.4 Å². The number of aromatic nitrogens is 1. The summed E-state index contributed by atoms with van der Waals surface area (Å²) >= 11 is 6.58. The van der Waals surface area contributed by atoms with Crippen LogP contribution in [0.3, 0.4) is 0 Å². The van der Waals surface area contributed by atoms with Gasteiger partial charge >= 0.3 is 0 Å². The number of methoxy groups -OCH3 is 1. The first-order chi connectivity index (χ1) is 15.6. The Labute approximate surface area is 187 Å². The standard InChI is InChI=1S/C24H17ClFN3O3/c1-31-21-9-4-6-14-12-16(23(25)27-22(14)21)19-13-18(20-10-5-11-32-20)28-29(19)24(30)15-7-2-3-8-17(15)26/h2-12,19H,13H2,1H3/t19-/m1/s1. The predicted molar refractivity (Wildman–Crippen MR) is 118 cm³/mol. The van der Waals surface area contributed by atoms with Crippen LogP contribution >= 0.6 is 11.6 Å². The fourth-order valence-electron chi connectivity index (χ4n) is 3.85. The van der Waals surface area contributed by atoms with Crippen molar-refractivity contribution in [2.45, 2.75) is 12.5 Å². The summed E-state index contributed by atoms with van der Waals surface area (Å²) in [6.45, 7) is 0. The number of halogens is 2. The normalized spacial score (nSPS) is 15.8. The molecule has 2 aromatic carbocycles. The van der Waals surface area contributed by atoms with E-state index in [-0.39, 0.29) is 10.7 Å². The number of amides is 1. The van der Waals surface area contributed by atoms with E-state index in [1.165, 1.54) is 29.5 Å². The maximum atomic E-state index is 14.4. The lowest BCUT2D eigenvalue weighted by molar-refractivity contribution is 0.0706. The number of hydrogen-bond donors (Lipinski definition) is 0. The third kappa shape index (κ3) is 3.40. The molecule has 160 valence electrons. The van der Waals surface area contributed by atoms with Gasteiger partial charge in [0.1, 0.15) is 33.7 Å². The Hall–Kier alpha value is -3.71. The van der Waals surface area contributed by atoms with Crippen LogP contribution in [0.4, 0.5) is 4.39 Å². The van der Waals surface area contributed by atoms with E-state index in [9.17, 15) is 9.18 Å². The number of benzene rings is 2. The first-order valence-electron chi connectivity index (χ1n) is 9.89. The lowest BCUT2D eigenvalue weighted by Gasteiger charge is -2.23. The number of hydrogen-bond acceptors (Lipinski definition) is 5. The zero-order chi connectivity index (χ0) is 22.2. The Bertz CT molecular complexity index is 1350. The maximum absolute atomic E-state index is 14.4. The number of ether oxygens (including phenoxy) is 1. The molecule has 3 heterocycles. The van der Waals surface area contributed by atoms with Gasteiger partial charge in [0.25, 0.3) is 5.91 Å². The van der Waals surface area contributed by atoms with Gasteiger partial charge in [-0.15, -0.1) is 0 Å². The molecule has 0 spiro atoms. The van der Waals surface area contributed by atoms with Crippen molar-refractivity contribution in [1.29, 1.82) is 0 Å². The minimum absolute atomic E-state index is 0.0755. The summed E-state index contributed by atoms with van der Waals surface area (Å²) in [6.07, 6.45) is 1.87. The third-order valence-corrected chi connectivity index (χ3v) is 5.70. The SMILES string of the molecule is COc1cccc2cc([C@H]3CC(c4ccco4)=NN3C(=O)c3ccccc3F)c(Cl)nc12. The maximum Gasteiger partial charge on any atom is 0.277 e. The molecule has 6 nitrogen and oxygen atoms in total. The van der Waals surface area contributed by atoms with Gasteiger partial charge in [-0.05, 0) is 36.4 Å². The van der Waals surface area contributed by atoms with E-state index >= 15 is 0 Å². The van der Waals surface area contributed by atoms with Crippen LogP contribution in [0.15, 0.2) is 76.4 Å². The minimum Gasteiger partial charge on any atom is -0.494 e. The molecule has 0 unspecified atom stereocenters. The highest BCUT2D eigenvalue weighted by Crippen LogP contribution is 2.39. The molecule has 0 fully saturated rings. The first kappa shape index (κ1) is 20.2. The molecule has 1 atom stereocenters. The molecule has 0 saturated heterocycles. The van der Waals surface area contributed by atoms with Gasteiger partial charge in [-0.1, -0.05) is 35.9 Å². The van der Waals surface area contributed by atoms with Crippen LogP contribution in [0.1, 0.15) is 34.1 Å². The summed E-state index contributed by atoms with van der Waals surface area (Å²) in [7, 11) is 1.56. The second-order valence-corrected chi connectivity index (χ2v) is 7.63. The summed E-state index contributed by atoms with van der Waals surface area (Å²) < 4.78 is 25.3. The van der Waals surface area contributed by atoms with Crippen molar-refractivity contribution in [2.24, 2.45) is 5.10 Å². The molecule has 0 aliphatic carbocycles. The van der Waals surface area contributed by atoms with Crippen LogP contribution in [0.25, 0.3) is 10.9 Å². The van der Waals surface area contributed by atoms with E-state index in [1.54, 1.807) is 31.4 Å². The molecular weight excluding hydrogens is 433 g/mol. The number of para-hydroxylation sites is 1. The first-order valence-corrected chi connectivity index (χ1v) is 10.3. The van der Waals surface area contributed by atoms with Gasteiger partial charge in [-0.25, -0.2) is 14.4 Å². The Kier molecular flexibility index (Phi) is 5.11. The monoisotopic (exact) mass is 449 g/mol. The highest BCUT2D eigenvalue weighted by atomic mass is 35.5. The van der Waals surface area contributed by atoms with Crippen molar-refractivity contribution in [2.75, 3.05) is 7.11 Å². The molecule has 5 rings (SSSR count). The van der Waals surface area contributed by atoms with E-state index in [4.69, 9.17) is 20.8 Å². The molecule has 32 heavy (non-hydrogen) atoms. The van der Waals surface area contributed by atoms with E-state index < -0.39 is 17.8 Å². The smallest absolute Gasteiger partial charge is 0.277 e. The lowest BCUT2D eigenvalue weighted by atomic mass is 10.00. The molecule has 1 aliphatic rings. The average molecular weight is 450 g/mol. The largest absolute Gasteiger partial charge is 0.494 e. The van der Waals surface area contributed by atoms with E-state index in [0.717, 1.165) is 5.39 Å². The molecule has 0 bridgehead atoms. The van der Waals surface area contributed by atoms with Crippen molar-refractivity contribution >= 4 is 34.1 Å². The van der Waals surface area contributed by atoms with Gasteiger partial charge in [-0.3, -0.25) is 4.79 Å². The number of carbonyl (C=O) groups excluding carboxylic acids is 1. The van der Waals surface area contributed by atoms with Gasteiger partial charge < -0.3 is 9.15 Å². The highest BCUT2D eigenvalue weighted by Gasteiger charge is 2.37. The fraction of sp³-hybridized carbons (Fsp3) is 0.125. The van der Waals surface area contributed by atoms with Crippen molar-refractivity contribution < 1.29 is 18.3 Å². The number of fused-ring (bicyclic) bond motifs is 1. The summed E-state index contributed by atoms with van der Waals surface area (Å²) in [5.74, 6) is -0.0682. The minimum atomic E-state index is -0.620. The van der Waals surface area contributed by atoms with Crippen LogP contribution in [0.5, 0.6) is 5.75 Å². The van der Waals surface area contributed by atoms with Gasteiger partial charge in [0.2, 0.25) is 0 Å². The van der Waals surface area contributed by atoms with E-state index in [1.807, 2.05) is 18.2 Å². The number of rotatable bonds is 4. The van der Waals surface area contributed by atoms with Crippen molar-refractivity contribution in [3.63, 3.8) is 0 Å². The van der Waals surface area contributed by atoms with Crippen LogP contribution in [-0.2, 0) is 0 Å². The number of furan rings is 1. The highest BCUT2D eigenvalue weighted by molar-refractivity contribution is 6.30. The molecule has 0 saturated carbocycles. The molecular formula is C24H17ClFN3O3. The van der Waals surface area contributed by atoms with Gasteiger partial charge in [0.05, 0.1) is 25.0 Å². The predicted octanol–water partition coefficient (Wildman–Crippen LogP) is 5.62. The van der Waals surface area contributed by atoms with Gasteiger partial charge in [0.15, 0.2) is 0 Å². The van der Waals surface area contributed by atoms with Crippen molar-refractivity contribution in [3.05, 3.63) is 94.8 Å². The van der Waals surface area contributed by atoms with Crippen LogP contribution in [-0.4, -0.2) is 28.7 Å². The van der Waals surface area contributed by atoms with Crippen molar-refractivity contribution in [1.82, 2.24) is 9.99 Å². The van der Waals surface area contributed by atoms with Crippen LogP contribution < -0.4 is 4.74 Å². The Morgan fingerprint density at radius 1 is 1.19 bits per heavy atom. The molecule has 1 amide bonds. The summed E-state index contributed by atoms with van der Waals surface area (Å²) in [5.41, 5.74) is 1.70. The third-order valence-electron chi connectivity index (χ3n) is 5.40. The van der Waals surface area contributed by atoms with Crippen molar-refractivity contribution in [3.8, 4) is 5.75 Å². The summed E-state index contributed by atoms with van der Waals surface area (Å²) in [4.78, 5) is 17.8. The quantitative estimate of drug-likeness (QED) is 0.379. The van der Waals surface area contributed by atoms with Crippen LogP contribution in [0.2, 0.25) is 5.15 Å². The van der Waals surface area contributed by atoms with Crippen LogP contribution in [0, 0.1) is 5.82 Å². The number of pyridine rings is 1. The molecule has 1 aliphatic heterocycles. The van der Waals surface area contributed by atoms with Gasteiger partial charge in [-0.2, -0.15) is 5.10 Å². The zero-order valence-electron chi connectivity index (χ0n) is 17.0. The summed E-state index contributed by atoms with van der Waals surface area (Å²) in [6, 6.07) is 16.1. The molecule has 0 radical (unpaired) electrons. The number of nitrogens with zero attached hydrogens (tertiary/aromatic N) is 3. The van der Waals surface area contributed by atoms with E-state index in [2.05, 4.69) is 10.1 Å². The summed E-state index contributed by atoms with van der Waals surface area (Å²) in [5, 5.41) is 6.76. The average Bonchev–Trinajstić information content (AvgIpc) is 3.48. The van der Waals surface area contributed by atoms with E-state index in [0.29, 0.717) is 34.7 Å². The second kappa shape index (κ2) is 8.09. The molecule has 8 heteroatoms. The molecule has 0 N–H and O–H groups in total. The fourth-order valence-corrected chi connectivity index (χ4v) is 4.12.